The Balaban J connectivity index is 2.33. The monoisotopic (exact) mass is 254 g/mol. The molecule has 1 aliphatic heterocycles. The summed E-state index contributed by atoms with van der Waals surface area (Å²) in [6.07, 6.45) is 2.78. The molecule has 2 rings (SSSR count). The van der Waals surface area contributed by atoms with Crippen molar-refractivity contribution in [2.24, 2.45) is 0 Å². The van der Waals surface area contributed by atoms with Gasteiger partial charge < -0.3 is 10.0 Å². The van der Waals surface area contributed by atoms with Crippen molar-refractivity contribution >= 4 is 11.4 Å². The number of rotatable bonds is 3. The van der Waals surface area contributed by atoms with Gasteiger partial charge in [-0.1, -0.05) is 0 Å². The predicted octanol–water partition coefficient (Wildman–Crippen LogP) is 2.09. The van der Waals surface area contributed by atoms with E-state index >= 15 is 0 Å². The quantitative estimate of drug-likeness (QED) is 0.662. The molecule has 5 nitrogen and oxygen atoms in total. The van der Waals surface area contributed by atoms with Crippen molar-refractivity contribution in [3.8, 4) is 0 Å². The van der Waals surface area contributed by atoms with E-state index < -0.39 is 10.7 Å². The SMILES string of the molecule is O=[N+]([O-])c1cc(F)cc(N2CCCCC2CO)c1. The van der Waals surface area contributed by atoms with Crippen LogP contribution in [0.3, 0.4) is 0 Å². The molecule has 0 amide bonds. The minimum atomic E-state index is -0.624. The zero-order valence-corrected chi connectivity index (χ0v) is 9.88. The summed E-state index contributed by atoms with van der Waals surface area (Å²) in [7, 11) is 0. The van der Waals surface area contributed by atoms with Crippen molar-refractivity contribution in [3.05, 3.63) is 34.1 Å². The second-order valence-electron chi connectivity index (χ2n) is 4.45. The molecule has 1 fully saturated rings. The van der Waals surface area contributed by atoms with Crippen molar-refractivity contribution in [2.45, 2.75) is 25.3 Å². The molecule has 0 aromatic heterocycles. The molecule has 1 atom stereocenters. The van der Waals surface area contributed by atoms with Crippen LogP contribution >= 0.6 is 0 Å². The average molecular weight is 254 g/mol. The summed E-state index contributed by atoms with van der Waals surface area (Å²) >= 11 is 0. The molecule has 0 saturated carbocycles. The van der Waals surface area contributed by atoms with E-state index in [2.05, 4.69) is 0 Å². The third-order valence-corrected chi connectivity index (χ3v) is 3.25. The second kappa shape index (κ2) is 5.30. The first kappa shape index (κ1) is 12.8. The molecule has 18 heavy (non-hydrogen) atoms. The fourth-order valence-electron chi connectivity index (χ4n) is 2.36. The van der Waals surface area contributed by atoms with Gasteiger partial charge in [0.15, 0.2) is 0 Å². The normalized spacial score (nSPS) is 19.9. The molecule has 1 N–H and O–H groups in total. The number of piperidine rings is 1. The first-order valence-electron chi connectivity index (χ1n) is 5.94. The van der Waals surface area contributed by atoms with Crippen LogP contribution in [0.5, 0.6) is 0 Å². The predicted molar refractivity (Wildman–Crippen MR) is 65.1 cm³/mol. The zero-order chi connectivity index (χ0) is 13.1. The Morgan fingerprint density at radius 3 is 2.89 bits per heavy atom. The number of hydrogen-bond donors (Lipinski definition) is 1. The van der Waals surface area contributed by atoms with Gasteiger partial charge in [-0.05, 0) is 25.3 Å². The summed E-state index contributed by atoms with van der Waals surface area (Å²) in [6, 6.07) is 3.46. The number of nitrogens with zero attached hydrogens (tertiary/aromatic N) is 2. The number of nitro groups is 1. The summed E-state index contributed by atoms with van der Waals surface area (Å²) in [5.41, 5.74) is 0.215. The number of hydrogen-bond acceptors (Lipinski definition) is 4. The molecule has 0 bridgehead atoms. The Kier molecular flexibility index (Phi) is 3.76. The third-order valence-electron chi connectivity index (χ3n) is 3.25. The standard InChI is InChI=1S/C12H15FN2O3/c13-9-5-11(7-12(6-9)15(17)18)14-4-2-1-3-10(14)8-16/h5-7,10,16H,1-4,8H2. The molecule has 1 unspecified atom stereocenters. The lowest BCUT2D eigenvalue weighted by Crippen LogP contribution is -2.41. The van der Waals surface area contributed by atoms with E-state index in [1.807, 2.05) is 4.90 Å². The molecular weight excluding hydrogens is 239 g/mol. The lowest BCUT2D eigenvalue weighted by Gasteiger charge is -2.36. The van der Waals surface area contributed by atoms with Gasteiger partial charge >= 0.3 is 0 Å². The Bertz CT molecular complexity index is 453. The van der Waals surface area contributed by atoms with Gasteiger partial charge in [-0.15, -0.1) is 0 Å². The van der Waals surface area contributed by atoms with Gasteiger partial charge in [0.25, 0.3) is 5.69 Å². The number of aliphatic hydroxyl groups excluding tert-OH is 1. The highest BCUT2D eigenvalue weighted by atomic mass is 19.1. The van der Waals surface area contributed by atoms with E-state index in [0.29, 0.717) is 12.2 Å². The first-order chi connectivity index (χ1) is 8.61. The summed E-state index contributed by atoms with van der Waals surface area (Å²) in [5, 5.41) is 20.0. The lowest BCUT2D eigenvalue weighted by atomic mass is 10.0. The molecule has 1 aromatic carbocycles. The highest BCUT2D eigenvalue weighted by Crippen LogP contribution is 2.28. The van der Waals surface area contributed by atoms with Gasteiger partial charge in [0, 0.05) is 18.3 Å². The maximum absolute atomic E-state index is 13.4. The van der Waals surface area contributed by atoms with Crippen molar-refractivity contribution in [1.82, 2.24) is 0 Å². The molecule has 0 radical (unpaired) electrons. The number of benzene rings is 1. The van der Waals surface area contributed by atoms with Gasteiger partial charge in [-0.2, -0.15) is 0 Å². The smallest absolute Gasteiger partial charge is 0.274 e. The van der Waals surface area contributed by atoms with Crippen molar-refractivity contribution in [3.63, 3.8) is 0 Å². The van der Waals surface area contributed by atoms with Crippen molar-refractivity contribution < 1.29 is 14.4 Å². The van der Waals surface area contributed by atoms with Gasteiger partial charge in [0.1, 0.15) is 5.82 Å². The van der Waals surface area contributed by atoms with E-state index in [0.717, 1.165) is 25.3 Å². The third kappa shape index (κ3) is 2.59. The molecule has 1 aliphatic rings. The van der Waals surface area contributed by atoms with Crippen molar-refractivity contribution in [1.29, 1.82) is 0 Å². The van der Waals surface area contributed by atoms with Gasteiger partial charge in [-0.3, -0.25) is 10.1 Å². The van der Waals surface area contributed by atoms with Crippen LogP contribution in [-0.2, 0) is 0 Å². The molecule has 98 valence electrons. The minimum Gasteiger partial charge on any atom is -0.394 e. The zero-order valence-electron chi connectivity index (χ0n) is 9.88. The minimum absolute atomic E-state index is 0.0235. The maximum atomic E-state index is 13.4. The summed E-state index contributed by atoms with van der Waals surface area (Å²) < 4.78 is 13.4. The topological polar surface area (TPSA) is 66.6 Å². The molecule has 1 heterocycles. The van der Waals surface area contributed by atoms with Crippen molar-refractivity contribution in [2.75, 3.05) is 18.1 Å². The molecule has 0 aliphatic carbocycles. The van der Waals surface area contributed by atoms with E-state index in [4.69, 9.17) is 0 Å². The highest BCUT2D eigenvalue weighted by molar-refractivity contribution is 5.54. The first-order valence-corrected chi connectivity index (χ1v) is 5.94. The second-order valence-corrected chi connectivity index (χ2v) is 4.45. The van der Waals surface area contributed by atoms with Crippen LogP contribution in [0.15, 0.2) is 18.2 Å². The number of halogens is 1. The van der Waals surface area contributed by atoms with Crippen LogP contribution in [0.1, 0.15) is 19.3 Å². The molecule has 0 spiro atoms. The van der Waals surface area contributed by atoms with E-state index in [1.54, 1.807) is 0 Å². The Hall–Kier alpha value is -1.69. The van der Waals surface area contributed by atoms with Crippen LogP contribution in [-0.4, -0.2) is 29.2 Å². The van der Waals surface area contributed by atoms with Crippen LogP contribution < -0.4 is 4.90 Å². The number of aliphatic hydroxyl groups is 1. The van der Waals surface area contributed by atoms with Crippen LogP contribution in [0.2, 0.25) is 0 Å². The van der Waals surface area contributed by atoms with Crippen LogP contribution in [0, 0.1) is 15.9 Å². The van der Waals surface area contributed by atoms with Crippen LogP contribution in [0.25, 0.3) is 0 Å². The van der Waals surface area contributed by atoms with Gasteiger partial charge in [0.05, 0.1) is 23.6 Å². The maximum Gasteiger partial charge on any atom is 0.274 e. The number of non-ortho nitro benzene ring substituents is 1. The highest BCUT2D eigenvalue weighted by Gasteiger charge is 2.24. The van der Waals surface area contributed by atoms with E-state index in [1.165, 1.54) is 12.1 Å². The Labute approximate surface area is 104 Å². The number of anilines is 1. The molecule has 1 aromatic rings. The summed E-state index contributed by atoms with van der Waals surface area (Å²) in [5.74, 6) is -0.624. The summed E-state index contributed by atoms with van der Waals surface area (Å²) in [4.78, 5) is 12.0. The molecule has 1 saturated heterocycles. The van der Waals surface area contributed by atoms with E-state index in [-0.39, 0.29) is 18.3 Å². The van der Waals surface area contributed by atoms with Crippen LogP contribution in [0.4, 0.5) is 15.8 Å². The van der Waals surface area contributed by atoms with Gasteiger partial charge in [-0.25, -0.2) is 4.39 Å². The van der Waals surface area contributed by atoms with Gasteiger partial charge in [0.2, 0.25) is 0 Å². The van der Waals surface area contributed by atoms with E-state index in [9.17, 15) is 19.6 Å². The Morgan fingerprint density at radius 2 is 2.22 bits per heavy atom. The molecule has 6 heteroatoms. The lowest BCUT2D eigenvalue weighted by molar-refractivity contribution is -0.385. The largest absolute Gasteiger partial charge is 0.394 e. The average Bonchev–Trinajstić information content (AvgIpc) is 2.38. The Morgan fingerprint density at radius 1 is 1.44 bits per heavy atom. The fraction of sp³-hybridized carbons (Fsp3) is 0.500. The fourth-order valence-corrected chi connectivity index (χ4v) is 2.36. The summed E-state index contributed by atoms with van der Waals surface area (Å²) in [6.45, 7) is 0.663. The number of nitro benzene ring substituents is 1. The molecular formula is C12H15FN2O3.